The number of methoxy groups -OCH3 is 1. The largest absolute Gasteiger partial charge is 0.469 e. The SMILES string of the molecule is COC(=O)C1CCN(S(=O)(=O)N2CC(O)(C(C)C)C2)CC1. The molecular weight excluding hydrogens is 296 g/mol. The van der Waals surface area contributed by atoms with Crippen LogP contribution in [0.25, 0.3) is 0 Å². The van der Waals surface area contributed by atoms with E-state index in [0.29, 0.717) is 25.9 Å². The average Bonchev–Trinajstić information content (AvgIpc) is 2.42. The van der Waals surface area contributed by atoms with Gasteiger partial charge in [-0.25, -0.2) is 0 Å². The molecular formula is C13H24N2O5S. The van der Waals surface area contributed by atoms with Gasteiger partial charge in [-0.15, -0.1) is 0 Å². The summed E-state index contributed by atoms with van der Waals surface area (Å²) in [5.41, 5.74) is -0.919. The summed E-state index contributed by atoms with van der Waals surface area (Å²) in [7, 11) is -2.19. The molecule has 0 amide bonds. The van der Waals surface area contributed by atoms with Gasteiger partial charge in [-0.05, 0) is 18.8 Å². The van der Waals surface area contributed by atoms with Gasteiger partial charge in [0.2, 0.25) is 0 Å². The number of hydrogen-bond acceptors (Lipinski definition) is 5. The molecule has 122 valence electrons. The van der Waals surface area contributed by atoms with Gasteiger partial charge in [0.15, 0.2) is 0 Å². The second kappa shape index (κ2) is 5.83. The molecule has 2 aliphatic rings. The molecule has 7 nitrogen and oxygen atoms in total. The first-order chi connectivity index (χ1) is 9.70. The van der Waals surface area contributed by atoms with Crippen LogP contribution in [0.5, 0.6) is 0 Å². The predicted molar refractivity (Wildman–Crippen MR) is 76.6 cm³/mol. The van der Waals surface area contributed by atoms with E-state index in [-0.39, 0.29) is 30.9 Å². The molecule has 2 aliphatic heterocycles. The number of piperidine rings is 1. The molecule has 0 radical (unpaired) electrons. The van der Waals surface area contributed by atoms with Crippen LogP contribution in [0.3, 0.4) is 0 Å². The standard InChI is InChI=1S/C13H24N2O5S/c1-10(2)13(17)8-15(9-13)21(18,19)14-6-4-11(5-7-14)12(16)20-3/h10-11,17H,4-9H2,1-3H3. The second-order valence-electron chi connectivity index (χ2n) is 6.23. The van der Waals surface area contributed by atoms with E-state index < -0.39 is 15.8 Å². The van der Waals surface area contributed by atoms with Crippen molar-refractivity contribution in [3.63, 3.8) is 0 Å². The zero-order valence-corrected chi connectivity index (χ0v) is 13.6. The predicted octanol–water partition coefficient (Wildman–Crippen LogP) is -0.181. The number of carbonyl (C=O) groups excluding carboxylic acids is 1. The number of carbonyl (C=O) groups is 1. The topological polar surface area (TPSA) is 87.2 Å². The summed E-state index contributed by atoms with van der Waals surface area (Å²) in [5.74, 6) is -0.468. The van der Waals surface area contributed by atoms with Gasteiger partial charge < -0.3 is 9.84 Å². The lowest BCUT2D eigenvalue weighted by molar-refractivity contribution is -0.146. The van der Waals surface area contributed by atoms with E-state index in [4.69, 9.17) is 4.74 Å². The minimum atomic E-state index is -3.53. The minimum Gasteiger partial charge on any atom is -0.469 e. The van der Waals surface area contributed by atoms with Crippen molar-refractivity contribution in [3.05, 3.63) is 0 Å². The fourth-order valence-electron chi connectivity index (χ4n) is 2.74. The maximum Gasteiger partial charge on any atom is 0.308 e. The highest BCUT2D eigenvalue weighted by Gasteiger charge is 2.50. The molecule has 0 aromatic rings. The van der Waals surface area contributed by atoms with Gasteiger partial charge in [0, 0.05) is 26.2 Å². The number of hydrogen-bond donors (Lipinski definition) is 1. The van der Waals surface area contributed by atoms with Crippen LogP contribution < -0.4 is 0 Å². The summed E-state index contributed by atoms with van der Waals surface area (Å²) in [6.07, 6.45) is 0.961. The van der Waals surface area contributed by atoms with Crippen molar-refractivity contribution < 1.29 is 23.1 Å². The highest BCUT2D eigenvalue weighted by Crippen LogP contribution is 2.33. The molecule has 1 N–H and O–H groups in total. The van der Waals surface area contributed by atoms with Crippen LogP contribution >= 0.6 is 0 Å². The molecule has 8 heteroatoms. The molecule has 2 saturated heterocycles. The number of β-amino-alcohol motifs (C(OH)–C–C–N with tert-alkyl or cyclic N) is 1. The highest BCUT2D eigenvalue weighted by molar-refractivity contribution is 7.86. The lowest BCUT2D eigenvalue weighted by atomic mass is 9.85. The molecule has 0 bridgehead atoms. The van der Waals surface area contributed by atoms with Crippen molar-refractivity contribution >= 4 is 16.2 Å². The van der Waals surface area contributed by atoms with Crippen molar-refractivity contribution in [3.8, 4) is 0 Å². The van der Waals surface area contributed by atoms with Gasteiger partial charge in [-0.1, -0.05) is 13.8 Å². The van der Waals surface area contributed by atoms with E-state index in [9.17, 15) is 18.3 Å². The summed E-state index contributed by atoms with van der Waals surface area (Å²) >= 11 is 0. The van der Waals surface area contributed by atoms with E-state index in [0.717, 1.165) is 0 Å². The van der Waals surface area contributed by atoms with Crippen molar-refractivity contribution in [2.45, 2.75) is 32.3 Å². The van der Waals surface area contributed by atoms with Crippen LogP contribution in [-0.2, 0) is 19.7 Å². The fourth-order valence-corrected chi connectivity index (χ4v) is 4.52. The molecule has 0 spiro atoms. The second-order valence-corrected chi connectivity index (χ2v) is 8.16. The molecule has 0 aromatic carbocycles. The van der Waals surface area contributed by atoms with E-state index in [1.807, 2.05) is 13.8 Å². The summed E-state index contributed by atoms with van der Waals surface area (Å²) in [4.78, 5) is 11.5. The maximum absolute atomic E-state index is 12.4. The Morgan fingerprint density at radius 1 is 1.24 bits per heavy atom. The first-order valence-corrected chi connectivity index (χ1v) is 8.66. The quantitative estimate of drug-likeness (QED) is 0.726. The van der Waals surface area contributed by atoms with E-state index in [1.54, 1.807) is 0 Å². The molecule has 2 heterocycles. The molecule has 2 rings (SSSR count). The Balaban J connectivity index is 1.93. The lowest BCUT2D eigenvalue weighted by Crippen LogP contribution is -2.68. The Hall–Kier alpha value is -0.700. The minimum absolute atomic E-state index is 0.0222. The Morgan fingerprint density at radius 2 is 1.76 bits per heavy atom. The molecule has 0 unspecified atom stereocenters. The summed E-state index contributed by atoms with van der Waals surface area (Å²) in [5, 5.41) is 10.2. The van der Waals surface area contributed by atoms with Crippen LogP contribution in [0.15, 0.2) is 0 Å². The number of ether oxygens (including phenoxy) is 1. The van der Waals surface area contributed by atoms with Crippen molar-refractivity contribution in [2.75, 3.05) is 33.3 Å². The normalized spacial score (nSPS) is 24.8. The third-order valence-corrected chi connectivity index (χ3v) is 6.54. The smallest absolute Gasteiger partial charge is 0.308 e. The Kier molecular flexibility index (Phi) is 4.63. The molecule has 21 heavy (non-hydrogen) atoms. The molecule has 0 aliphatic carbocycles. The highest BCUT2D eigenvalue weighted by atomic mass is 32.2. The Bertz CT molecular complexity index is 491. The van der Waals surface area contributed by atoms with Crippen molar-refractivity contribution in [1.82, 2.24) is 8.61 Å². The third-order valence-electron chi connectivity index (χ3n) is 4.62. The number of esters is 1. The third kappa shape index (κ3) is 3.08. The van der Waals surface area contributed by atoms with Crippen LogP contribution in [-0.4, -0.2) is 67.0 Å². The molecule has 2 fully saturated rings. The number of aliphatic hydroxyl groups is 1. The van der Waals surface area contributed by atoms with E-state index in [2.05, 4.69) is 0 Å². The summed E-state index contributed by atoms with van der Waals surface area (Å²) < 4.78 is 32.3. The summed E-state index contributed by atoms with van der Waals surface area (Å²) in [6, 6.07) is 0. The van der Waals surface area contributed by atoms with Gasteiger partial charge in [-0.2, -0.15) is 17.0 Å². The maximum atomic E-state index is 12.4. The van der Waals surface area contributed by atoms with Crippen molar-refractivity contribution in [2.24, 2.45) is 11.8 Å². The first-order valence-electron chi connectivity index (χ1n) is 7.26. The first kappa shape index (κ1) is 16.7. The average molecular weight is 320 g/mol. The van der Waals surface area contributed by atoms with Crippen LogP contribution in [0.4, 0.5) is 0 Å². The molecule has 0 aromatic heterocycles. The zero-order valence-electron chi connectivity index (χ0n) is 12.8. The van der Waals surface area contributed by atoms with Crippen LogP contribution in [0.1, 0.15) is 26.7 Å². The van der Waals surface area contributed by atoms with Gasteiger partial charge in [0.05, 0.1) is 18.6 Å². The van der Waals surface area contributed by atoms with E-state index >= 15 is 0 Å². The van der Waals surface area contributed by atoms with Crippen molar-refractivity contribution in [1.29, 1.82) is 0 Å². The molecule has 0 saturated carbocycles. The van der Waals surface area contributed by atoms with E-state index in [1.165, 1.54) is 15.7 Å². The van der Waals surface area contributed by atoms with Gasteiger partial charge >= 0.3 is 5.97 Å². The zero-order chi connectivity index (χ0) is 15.8. The van der Waals surface area contributed by atoms with Crippen LogP contribution in [0, 0.1) is 11.8 Å². The fraction of sp³-hybridized carbons (Fsp3) is 0.923. The molecule has 0 atom stereocenters. The Morgan fingerprint density at radius 3 is 2.19 bits per heavy atom. The Labute approximate surface area is 126 Å². The van der Waals surface area contributed by atoms with Gasteiger partial charge in [0.25, 0.3) is 10.2 Å². The van der Waals surface area contributed by atoms with Gasteiger partial charge in [-0.3, -0.25) is 4.79 Å². The van der Waals surface area contributed by atoms with Gasteiger partial charge in [0.1, 0.15) is 0 Å². The van der Waals surface area contributed by atoms with Crippen LogP contribution in [0.2, 0.25) is 0 Å². The number of rotatable bonds is 4. The number of nitrogens with zero attached hydrogens (tertiary/aromatic N) is 2. The lowest BCUT2D eigenvalue weighted by Gasteiger charge is -2.49. The monoisotopic (exact) mass is 320 g/mol. The summed E-state index contributed by atoms with van der Waals surface area (Å²) in [6.45, 7) is 4.68.